The number of aromatic nitrogens is 4. The van der Waals surface area contributed by atoms with E-state index in [0.29, 0.717) is 23.1 Å². The molecule has 1 aromatic carbocycles. The maximum absolute atomic E-state index is 12.8. The van der Waals surface area contributed by atoms with Crippen molar-refractivity contribution in [1.29, 1.82) is 0 Å². The number of pyridine rings is 1. The number of rotatable bonds is 5. The van der Waals surface area contributed by atoms with Crippen molar-refractivity contribution in [2.24, 2.45) is 0 Å². The Morgan fingerprint density at radius 1 is 1.26 bits per heavy atom. The van der Waals surface area contributed by atoms with Gasteiger partial charge in [0.15, 0.2) is 5.13 Å². The second kappa shape index (κ2) is 8.44. The normalized spacial score (nSPS) is 11.1. The maximum Gasteiger partial charge on any atom is 0.329 e. The molecule has 2 N–H and O–H groups in total. The molecular formula is C21H18ClN5O3S. The largest absolute Gasteiger partial charge is 0.329 e. The van der Waals surface area contributed by atoms with E-state index in [9.17, 15) is 14.4 Å². The Bertz CT molecular complexity index is 1410. The summed E-state index contributed by atoms with van der Waals surface area (Å²) in [6.45, 7) is 4.25. The molecule has 0 fully saturated rings. The van der Waals surface area contributed by atoms with Crippen molar-refractivity contribution in [3.8, 4) is 11.3 Å². The quantitative estimate of drug-likeness (QED) is 0.475. The smallest absolute Gasteiger partial charge is 0.298 e. The van der Waals surface area contributed by atoms with Crippen molar-refractivity contribution in [2.75, 3.05) is 5.32 Å². The summed E-state index contributed by atoms with van der Waals surface area (Å²) in [5, 5.41) is 4.00. The number of nitrogens with zero attached hydrogens (tertiary/aromatic N) is 3. The number of hydrogen-bond donors (Lipinski definition) is 2. The average molecular weight is 456 g/mol. The number of carbonyl (C=O) groups excluding carboxylic acids is 1. The number of fused-ring (bicyclic) bond motifs is 1. The molecule has 8 nitrogen and oxygen atoms in total. The van der Waals surface area contributed by atoms with Gasteiger partial charge in [-0.3, -0.25) is 24.5 Å². The van der Waals surface area contributed by atoms with E-state index < -0.39 is 17.2 Å². The Labute approximate surface area is 185 Å². The van der Waals surface area contributed by atoms with Gasteiger partial charge in [-0.25, -0.2) is 14.8 Å². The number of H-pyrrole nitrogens is 1. The van der Waals surface area contributed by atoms with Crippen LogP contribution in [0.25, 0.3) is 22.3 Å². The summed E-state index contributed by atoms with van der Waals surface area (Å²) in [6, 6.07) is 8.73. The van der Waals surface area contributed by atoms with E-state index >= 15 is 0 Å². The standard InChI is InChI=1S/C21H18ClN5O3S/c1-3-8-27-17-15(19(29)26-21(27)30)9-13(10-23-17)18(28)25-20-24-16(11(2)31-20)12-4-6-14(22)7-5-12/h4-7,9-10H,3,8H2,1-2H3,(H,24,25,28)(H,26,29,30). The molecule has 3 heterocycles. The minimum atomic E-state index is -0.579. The second-order valence-electron chi connectivity index (χ2n) is 6.89. The molecule has 0 aliphatic rings. The van der Waals surface area contributed by atoms with Crippen LogP contribution >= 0.6 is 22.9 Å². The SMILES string of the molecule is CCCn1c(=O)[nH]c(=O)c2cc(C(=O)Nc3nc(-c4ccc(Cl)cc4)c(C)s3)cnc21. The first-order valence-electron chi connectivity index (χ1n) is 9.55. The van der Waals surface area contributed by atoms with E-state index in [0.717, 1.165) is 16.1 Å². The van der Waals surface area contributed by atoms with Gasteiger partial charge < -0.3 is 0 Å². The van der Waals surface area contributed by atoms with Crippen LogP contribution in [0.15, 0.2) is 46.1 Å². The summed E-state index contributed by atoms with van der Waals surface area (Å²) in [6.07, 6.45) is 2.05. The summed E-state index contributed by atoms with van der Waals surface area (Å²) >= 11 is 7.29. The third kappa shape index (κ3) is 4.14. The zero-order chi connectivity index (χ0) is 22.1. The molecule has 0 unspecified atom stereocenters. The predicted molar refractivity (Wildman–Crippen MR) is 122 cm³/mol. The van der Waals surface area contributed by atoms with Gasteiger partial charge in [0.05, 0.1) is 16.6 Å². The highest BCUT2D eigenvalue weighted by Crippen LogP contribution is 2.31. The number of nitrogens with one attached hydrogen (secondary N) is 2. The van der Waals surface area contributed by atoms with Crippen LogP contribution in [0.4, 0.5) is 5.13 Å². The molecule has 0 radical (unpaired) electrons. The van der Waals surface area contributed by atoms with E-state index in [1.54, 1.807) is 12.1 Å². The molecule has 3 aromatic heterocycles. The fourth-order valence-corrected chi connectivity index (χ4v) is 4.17. The Kier molecular flexibility index (Phi) is 5.71. The fraction of sp³-hybridized carbons (Fsp3) is 0.190. The first kappa shape index (κ1) is 21.0. The van der Waals surface area contributed by atoms with Gasteiger partial charge in [0.1, 0.15) is 5.65 Å². The van der Waals surface area contributed by atoms with Crippen molar-refractivity contribution in [3.63, 3.8) is 0 Å². The lowest BCUT2D eigenvalue weighted by Gasteiger charge is -2.08. The molecule has 0 saturated carbocycles. The van der Waals surface area contributed by atoms with Crippen LogP contribution in [0.3, 0.4) is 0 Å². The van der Waals surface area contributed by atoms with Gasteiger partial charge in [-0.15, -0.1) is 11.3 Å². The molecule has 1 amide bonds. The van der Waals surface area contributed by atoms with Crippen LogP contribution in [-0.2, 0) is 6.54 Å². The number of anilines is 1. The third-order valence-corrected chi connectivity index (χ3v) is 5.81. The number of amides is 1. The lowest BCUT2D eigenvalue weighted by Crippen LogP contribution is -2.31. The Balaban J connectivity index is 1.65. The predicted octanol–water partition coefficient (Wildman–Crippen LogP) is 3.83. The van der Waals surface area contributed by atoms with E-state index in [1.165, 1.54) is 28.2 Å². The molecule has 0 bridgehead atoms. The van der Waals surface area contributed by atoms with Crippen LogP contribution in [0, 0.1) is 6.92 Å². The van der Waals surface area contributed by atoms with Crippen molar-refractivity contribution in [2.45, 2.75) is 26.8 Å². The minimum absolute atomic E-state index is 0.179. The van der Waals surface area contributed by atoms with Gasteiger partial charge in [-0.05, 0) is 31.5 Å². The number of hydrogen-bond acceptors (Lipinski definition) is 6. The summed E-state index contributed by atoms with van der Waals surface area (Å²) in [5.74, 6) is -0.446. The highest BCUT2D eigenvalue weighted by atomic mass is 35.5. The third-order valence-electron chi connectivity index (χ3n) is 4.68. The Hall–Kier alpha value is -3.30. The molecular weight excluding hydrogens is 438 g/mol. The van der Waals surface area contributed by atoms with Gasteiger partial charge in [-0.2, -0.15) is 0 Å². The minimum Gasteiger partial charge on any atom is -0.298 e. The average Bonchev–Trinajstić information content (AvgIpc) is 3.11. The molecule has 31 heavy (non-hydrogen) atoms. The summed E-state index contributed by atoms with van der Waals surface area (Å²) in [7, 11) is 0. The molecule has 0 aliphatic heterocycles. The number of thiazole rings is 1. The molecule has 4 rings (SSSR count). The first-order chi connectivity index (χ1) is 14.9. The number of benzene rings is 1. The lowest BCUT2D eigenvalue weighted by atomic mass is 10.1. The molecule has 158 valence electrons. The number of halogens is 1. The molecule has 10 heteroatoms. The van der Waals surface area contributed by atoms with E-state index in [2.05, 4.69) is 20.3 Å². The number of carbonyl (C=O) groups is 1. The lowest BCUT2D eigenvalue weighted by molar-refractivity contribution is 0.102. The first-order valence-corrected chi connectivity index (χ1v) is 10.7. The van der Waals surface area contributed by atoms with Crippen LogP contribution in [-0.4, -0.2) is 25.4 Å². The van der Waals surface area contributed by atoms with Crippen molar-refractivity contribution >= 4 is 45.0 Å². The summed E-state index contributed by atoms with van der Waals surface area (Å²) in [5.41, 5.74) is 1.00. The molecule has 0 atom stereocenters. The second-order valence-corrected chi connectivity index (χ2v) is 8.53. The molecule has 4 aromatic rings. The summed E-state index contributed by atoms with van der Waals surface area (Å²) in [4.78, 5) is 49.0. The Morgan fingerprint density at radius 3 is 2.71 bits per heavy atom. The fourth-order valence-electron chi connectivity index (χ4n) is 3.22. The van der Waals surface area contributed by atoms with Crippen molar-refractivity contribution in [3.05, 3.63) is 72.8 Å². The number of aryl methyl sites for hydroxylation is 2. The van der Waals surface area contributed by atoms with Crippen LogP contribution in [0.5, 0.6) is 0 Å². The van der Waals surface area contributed by atoms with Crippen LogP contribution in [0.2, 0.25) is 5.02 Å². The monoisotopic (exact) mass is 455 g/mol. The van der Waals surface area contributed by atoms with E-state index in [-0.39, 0.29) is 16.6 Å². The molecule has 0 saturated heterocycles. The van der Waals surface area contributed by atoms with E-state index in [1.807, 2.05) is 26.0 Å². The Morgan fingerprint density at radius 2 is 2.00 bits per heavy atom. The zero-order valence-corrected chi connectivity index (χ0v) is 18.3. The van der Waals surface area contributed by atoms with Gasteiger partial charge in [0.2, 0.25) is 0 Å². The van der Waals surface area contributed by atoms with Crippen molar-refractivity contribution in [1.82, 2.24) is 19.5 Å². The summed E-state index contributed by atoms with van der Waals surface area (Å²) < 4.78 is 1.39. The van der Waals surface area contributed by atoms with E-state index in [4.69, 9.17) is 11.6 Å². The maximum atomic E-state index is 12.8. The van der Waals surface area contributed by atoms with Gasteiger partial charge in [-0.1, -0.05) is 30.7 Å². The van der Waals surface area contributed by atoms with Crippen LogP contribution < -0.4 is 16.6 Å². The van der Waals surface area contributed by atoms with Crippen LogP contribution in [0.1, 0.15) is 28.6 Å². The molecule has 0 aliphatic carbocycles. The zero-order valence-electron chi connectivity index (χ0n) is 16.7. The highest BCUT2D eigenvalue weighted by Gasteiger charge is 2.16. The van der Waals surface area contributed by atoms with Gasteiger partial charge in [0, 0.05) is 28.2 Å². The molecule has 0 spiro atoms. The highest BCUT2D eigenvalue weighted by molar-refractivity contribution is 7.16. The van der Waals surface area contributed by atoms with Crippen molar-refractivity contribution < 1.29 is 4.79 Å². The van der Waals surface area contributed by atoms with Gasteiger partial charge >= 0.3 is 5.69 Å². The topological polar surface area (TPSA) is 110 Å². The number of aromatic amines is 1. The van der Waals surface area contributed by atoms with Gasteiger partial charge in [0.25, 0.3) is 11.5 Å².